The van der Waals surface area contributed by atoms with Gasteiger partial charge in [0.05, 0.1) is 6.61 Å². The second-order valence-corrected chi connectivity index (χ2v) is 13.0. The Morgan fingerprint density at radius 1 is 0.918 bits per heavy atom. The highest BCUT2D eigenvalue weighted by atomic mass is 16.5. The largest absolute Gasteiger partial charge is 0.494 e. The van der Waals surface area contributed by atoms with Crippen molar-refractivity contribution in [2.24, 2.45) is 5.92 Å². The van der Waals surface area contributed by atoms with Crippen LogP contribution in [0.3, 0.4) is 0 Å². The Morgan fingerprint density at radius 3 is 2.45 bits per heavy atom. The molecule has 4 bridgehead atoms. The minimum absolute atomic E-state index is 0.0362. The van der Waals surface area contributed by atoms with E-state index in [0.717, 1.165) is 47.3 Å². The zero-order chi connectivity index (χ0) is 34.4. The minimum Gasteiger partial charge on any atom is -0.494 e. The van der Waals surface area contributed by atoms with Crippen LogP contribution >= 0.6 is 0 Å². The summed E-state index contributed by atoms with van der Waals surface area (Å²) in [7, 11) is 0. The molecule has 49 heavy (non-hydrogen) atoms. The molecule has 3 aromatic rings. The average molecular weight is 669 g/mol. The number of fused-ring (bicyclic) bond motifs is 4. The number of benzene rings is 3. The van der Waals surface area contributed by atoms with Gasteiger partial charge in [-0.3, -0.25) is 14.4 Å². The Labute approximate surface area is 288 Å². The van der Waals surface area contributed by atoms with Gasteiger partial charge in [-0.1, -0.05) is 66.7 Å². The Morgan fingerprint density at radius 2 is 1.67 bits per heavy atom. The van der Waals surface area contributed by atoms with Crippen molar-refractivity contribution >= 4 is 23.8 Å². The van der Waals surface area contributed by atoms with Crippen LogP contribution in [0.15, 0.2) is 78.9 Å². The highest BCUT2D eigenvalue weighted by molar-refractivity contribution is 5.91. The van der Waals surface area contributed by atoms with E-state index in [1.807, 2.05) is 90.7 Å². The van der Waals surface area contributed by atoms with E-state index in [1.54, 1.807) is 0 Å². The van der Waals surface area contributed by atoms with Gasteiger partial charge in [0.2, 0.25) is 17.7 Å². The molecule has 3 N–H and O–H groups in total. The van der Waals surface area contributed by atoms with Gasteiger partial charge < -0.3 is 30.3 Å². The second-order valence-electron chi connectivity index (χ2n) is 13.0. The summed E-state index contributed by atoms with van der Waals surface area (Å²) < 4.78 is 11.6. The fraction of sp³-hybridized carbons (Fsp3) is 0.436. The Bertz CT molecular complexity index is 1550. The van der Waals surface area contributed by atoms with Gasteiger partial charge in [0.15, 0.2) is 0 Å². The molecule has 2 aliphatic rings. The molecule has 5 rings (SSSR count). The fourth-order valence-corrected chi connectivity index (χ4v) is 6.39. The van der Waals surface area contributed by atoms with Gasteiger partial charge in [0, 0.05) is 26.1 Å². The van der Waals surface area contributed by atoms with Crippen LogP contribution in [0.4, 0.5) is 4.79 Å². The van der Waals surface area contributed by atoms with Crippen molar-refractivity contribution in [3.8, 4) is 5.75 Å². The second kappa shape index (κ2) is 18.1. The molecule has 10 heteroatoms. The lowest BCUT2D eigenvalue weighted by molar-refractivity contribution is -0.133. The number of aryl methyl sites for hydroxylation is 2. The molecule has 0 aliphatic carbocycles. The topological polar surface area (TPSA) is 126 Å². The van der Waals surface area contributed by atoms with Gasteiger partial charge >= 0.3 is 6.09 Å². The van der Waals surface area contributed by atoms with E-state index in [9.17, 15) is 19.2 Å². The molecule has 1 saturated heterocycles. The number of rotatable bonds is 6. The minimum atomic E-state index is -1.00. The lowest BCUT2D eigenvalue weighted by atomic mass is 9.94. The van der Waals surface area contributed by atoms with Crippen molar-refractivity contribution < 1.29 is 28.7 Å². The van der Waals surface area contributed by atoms with Crippen molar-refractivity contribution in [1.29, 1.82) is 0 Å². The highest BCUT2D eigenvalue weighted by Gasteiger charge is 2.29. The third kappa shape index (κ3) is 11.1. The number of nitrogens with one attached hydrogen (secondary N) is 3. The maximum absolute atomic E-state index is 13.8. The van der Waals surface area contributed by atoms with Crippen LogP contribution in [0.1, 0.15) is 67.2 Å². The molecule has 1 unspecified atom stereocenters. The van der Waals surface area contributed by atoms with Gasteiger partial charge in [0.1, 0.15) is 24.4 Å². The quantitative estimate of drug-likeness (QED) is 0.331. The van der Waals surface area contributed by atoms with E-state index in [1.165, 1.54) is 0 Å². The monoisotopic (exact) mass is 668 g/mol. The van der Waals surface area contributed by atoms with Crippen LogP contribution in [-0.4, -0.2) is 60.5 Å². The first kappa shape index (κ1) is 35.4. The summed E-state index contributed by atoms with van der Waals surface area (Å²) in [5.74, 6) is 0.283. The zero-order valence-corrected chi connectivity index (χ0v) is 28.3. The lowest BCUT2D eigenvalue weighted by Crippen LogP contribution is -2.54. The predicted molar refractivity (Wildman–Crippen MR) is 187 cm³/mol. The third-order valence-electron chi connectivity index (χ3n) is 9.34. The summed E-state index contributed by atoms with van der Waals surface area (Å²) >= 11 is 0. The number of nitrogens with zero attached hydrogens (tertiary/aromatic N) is 1. The maximum atomic E-state index is 13.8. The normalized spacial score (nSPS) is 21.0. The molecule has 3 atom stereocenters. The predicted octanol–water partition coefficient (Wildman–Crippen LogP) is 5.22. The van der Waals surface area contributed by atoms with E-state index in [-0.39, 0.29) is 37.8 Å². The molecule has 10 nitrogen and oxygen atoms in total. The van der Waals surface area contributed by atoms with Gasteiger partial charge in [-0.2, -0.15) is 0 Å². The Balaban J connectivity index is 1.35. The van der Waals surface area contributed by atoms with E-state index < -0.39 is 24.1 Å². The molecule has 1 fully saturated rings. The fourth-order valence-electron chi connectivity index (χ4n) is 6.39. The Kier molecular flexibility index (Phi) is 13.1. The molecule has 0 aromatic heterocycles. The van der Waals surface area contributed by atoms with Crippen LogP contribution in [-0.2, 0) is 38.7 Å². The van der Waals surface area contributed by atoms with E-state index in [0.29, 0.717) is 44.9 Å². The number of carbonyl (C=O) groups excluding carboxylic acids is 4. The molecular weight excluding hydrogens is 620 g/mol. The van der Waals surface area contributed by atoms with E-state index in [2.05, 4.69) is 16.0 Å². The average Bonchev–Trinajstić information content (AvgIpc) is 3.12. The van der Waals surface area contributed by atoms with Crippen LogP contribution in [0.5, 0.6) is 5.75 Å². The van der Waals surface area contributed by atoms with Crippen molar-refractivity contribution in [1.82, 2.24) is 20.9 Å². The number of hydrogen-bond acceptors (Lipinski definition) is 6. The summed E-state index contributed by atoms with van der Waals surface area (Å²) in [5, 5.41) is 8.64. The van der Waals surface area contributed by atoms with Gasteiger partial charge in [0.25, 0.3) is 0 Å². The molecule has 260 valence electrons. The van der Waals surface area contributed by atoms with Crippen molar-refractivity contribution in [2.45, 2.75) is 83.5 Å². The highest BCUT2D eigenvalue weighted by Crippen LogP contribution is 2.23. The maximum Gasteiger partial charge on any atom is 0.408 e. The molecule has 0 saturated carbocycles. The zero-order valence-electron chi connectivity index (χ0n) is 28.3. The SMILES string of the molecule is Cc1ccc2cc1CNC(=O)[C@H](CCc1ccccc1)NC(=O)[C@@H](NC(=O)OCc1ccccc1)CCCC(=O)N1CCCC(CCO2)C1. The van der Waals surface area contributed by atoms with Crippen LogP contribution in [0, 0.1) is 12.8 Å². The number of carbonyl (C=O) groups is 4. The number of piperidine rings is 1. The smallest absolute Gasteiger partial charge is 0.408 e. The Hall–Kier alpha value is -4.86. The van der Waals surface area contributed by atoms with E-state index >= 15 is 0 Å². The van der Waals surface area contributed by atoms with Crippen LogP contribution < -0.4 is 20.7 Å². The first-order chi connectivity index (χ1) is 23.8. The third-order valence-corrected chi connectivity index (χ3v) is 9.34. The molecule has 2 heterocycles. The lowest BCUT2D eigenvalue weighted by Gasteiger charge is -2.33. The van der Waals surface area contributed by atoms with Crippen LogP contribution in [0.25, 0.3) is 0 Å². The molecular formula is C39H48N4O6. The molecule has 0 radical (unpaired) electrons. The van der Waals surface area contributed by atoms with Crippen molar-refractivity contribution in [2.75, 3.05) is 19.7 Å². The molecule has 0 spiro atoms. The van der Waals surface area contributed by atoms with Gasteiger partial charge in [-0.25, -0.2) is 4.79 Å². The van der Waals surface area contributed by atoms with Gasteiger partial charge in [-0.15, -0.1) is 0 Å². The van der Waals surface area contributed by atoms with Crippen molar-refractivity contribution in [3.63, 3.8) is 0 Å². The number of ether oxygens (including phenoxy) is 2. The van der Waals surface area contributed by atoms with Crippen molar-refractivity contribution in [3.05, 3.63) is 101 Å². The summed E-state index contributed by atoms with van der Waals surface area (Å²) in [5.41, 5.74) is 3.78. The standard InChI is InChI=1S/C39H48N4O6/c1-28-17-19-33-24-32(28)25-40-37(45)35(20-18-29-10-4-2-5-11-29)41-38(46)34(42-39(47)49-27-31-12-6-3-7-13-31)15-8-16-36(44)43-22-9-14-30(26-43)21-23-48-33/h2-7,10-13,17,19,24,30,34-35H,8-9,14-16,18,20-23,25-27H2,1H3,(H,40,45)(H,41,46)(H,42,47)/t30?,34-,35-/m0/s1. The summed E-state index contributed by atoms with van der Waals surface area (Å²) in [6.45, 7) is 4.24. The van der Waals surface area contributed by atoms with E-state index in [4.69, 9.17) is 9.47 Å². The number of amides is 4. The molecule has 3 aromatic carbocycles. The number of hydrogen-bond donors (Lipinski definition) is 3. The summed E-state index contributed by atoms with van der Waals surface area (Å²) in [6, 6.07) is 23.0. The first-order valence-electron chi connectivity index (χ1n) is 17.4. The first-order valence-corrected chi connectivity index (χ1v) is 17.4. The van der Waals surface area contributed by atoms with Crippen LogP contribution in [0.2, 0.25) is 0 Å². The number of alkyl carbamates (subject to hydrolysis) is 1. The van der Waals surface area contributed by atoms with Gasteiger partial charge in [-0.05, 0) is 92.2 Å². The molecule has 4 amide bonds. The summed E-state index contributed by atoms with van der Waals surface area (Å²) in [6.07, 6.45) is 3.83. The summed E-state index contributed by atoms with van der Waals surface area (Å²) in [4.78, 5) is 55.6. The molecule has 2 aliphatic heterocycles.